The van der Waals surface area contributed by atoms with E-state index in [9.17, 15) is 13.6 Å². The Balaban J connectivity index is 2.39. The molecule has 5 heteroatoms. The molecule has 1 aliphatic rings. The van der Waals surface area contributed by atoms with Gasteiger partial charge in [-0.05, 0) is 19.3 Å². The van der Waals surface area contributed by atoms with Crippen LogP contribution in [0.2, 0.25) is 0 Å². The van der Waals surface area contributed by atoms with Crippen LogP contribution in [0.15, 0.2) is 0 Å². The minimum Gasteiger partial charge on any atom is -0.379 e. The van der Waals surface area contributed by atoms with Crippen molar-refractivity contribution in [2.24, 2.45) is 0 Å². The molecule has 0 saturated heterocycles. The van der Waals surface area contributed by atoms with Crippen LogP contribution in [0.3, 0.4) is 0 Å². The standard InChI is InChI=1S/C8H13F2NO2/c1-13-6-4-2-3-5(6)11-8(12)7(9)10/h5-7H,2-4H2,1H3,(H,11,12)/t5-,6-/m0/s1. The maximum absolute atomic E-state index is 11.9. The largest absolute Gasteiger partial charge is 0.379 e. The van der Waals surface area contributed by atoms with Crippen LogP contribution in [-0.4, -0.2) is 31.6 Å². The van der Waals surface area contributed by atoms with Crippen molar-refractivity contribution in [3.05, 3.63) is 0 Å². The van der Waals surface area contributed by atoms with Crippen LogP contribution in [0.5, 0.6) is 0 Å². The van der Waals surface area contributed by atoms with E-state index >= 15 is 0 Å². The van der Waals surface area contributed by atoms with Gasteiger partial charge in [0.15, 0.2) is 0 Å². The Morgan fingerprint density at radius 3 is 2.77 bits per heavy atom. The quantitative estimate of drug-likeness (QED) is 0.724. The molecule has 13 heavy (non-hydrogen) atoms. The number of alkyl halides is 2. The number of rotatable bonds is 3. The van der Waals surface area contributed by atoms with E-state index in [0.717, 1.165) is 19.3 Å². The molecule has 2 atom stereocenters. The Hall–Kier alpha value is -0.710. The third-order valence-corrected chi connectivity index (χ3v) is 2.28. The monoisotopic (exact) mass is 193 g/mol. The molecule has 0 bridgehead atoms. The van der Waals surface area contributed by atoms with Gasteiger partial charge in [-0.25, -0.2) is 0 Å². The summed E-state index contributed by atoms with van der Waals surface area (Å²) in [5.74, 6) is -1.20. The zero-order valence-corrected chi connectivity index (χ0v) is 7.43. The lowest BCUT2D eigenvalue weighted by atomic mass is 10.2. The lowest BCUT2D eigenvalue weighted by Crippen LogP contribution is -2.43. The van der Waals surface area contributed by atoms with Gasteiger partial charge in [-0.3, -0.25) is 4.79 Å². The maximum Gasteiger partial charge on any atom is 0.315 e. The maximum atomic E-state index is 11.9. The molecule has 1 rings (SSSR count). The van der Waals surface area contributed by atoms with Crippen molar-refractivity contribution in [1.29, 1.82) is 0 Å². The number of carbonyl (C=O) groups is 1. The first-order valence-electron chi connectivity index (χ1n) is 4.26. The van der Waals surface area contributed by atoms with Crippen LogP contribution in [0.4, 0.5) is 8.78 Å². The molecule has 0 heterocycles. The first kappa shape index (κ1) is 10.4. The molecule has 0 aromatic heterocycles. The highest BCUT2D eigenvalue weighted by Gasteiger charge is 2.30. The first-order valence-corrected chi connectivity index (χ1v) is 4.26. The summed E-state index contributed by atoms with van der Waals surface area (Å²) in [4.78, 5) is 10.6. The van der Waals surface area contributed by atoms with Crippen LogP contribution in [0, 0.1) is 0 Å². The van der Waals surface area contributed by atoms with Crippen molar-refractivity contribution >= 4 is 5.91 Å². The fourth-order valence-electron chi connectivity index (χ4n) is 1.62. The summed E-state index contributed by atoms with van der Waals surface area (Å²) >= 11 is 0. The Morgan fingerprint density at radius 1 is 1.54 bits per heavy atom. The summed E-state index contributed by atoms with van der Waals surface area (Å²) in [6.07, 6.45) is -0.588. The van der Waals surface area contributed by atoms with E-state index in [1.807, 2.05) is 0 Å². The predicted octanol–water partition coefficient (Wildman–Crippen LogP) is 0.935. The number of methoxy groups -OCH3 is 1. The van der Waals surface area contributed by atoms with Gasteiger partial charge < -0.3 is 10.1 Å². The van der Waals surface area contributed by atoms with E-state index in [2.05, 4.69) is 5.32 Å². The molecule has 1 aliphatic carbocycles. The summed E-state index contributed by atoms with van der Waals surface area (Å²) in [6, 6.07) is -0.244. The smallest absolute Gasteiger partial charge is 0.315 e. The summed E-state index contributed by atoms with van der Waals surface area (Å²) < 4.78 is 28.8. The van der Waals surface area contributed by atoms with E-state index in [1.165, 1.54) is 7.11 Å². The second-order valence-corrected chi connectivity index (χ2v) is 3.12. The second kappa shape index (κ2) is 4.50. The summed E-state index contributed by atoms with van der Waals surface area (Å²) in [5, 5.41) is 2.27. The van der Waals surface area contributed by atoms with Gasteiger partial charge in [0, 0.05) is 7.11 Å². The molecule has 0 aromatic rings. The normalized spacial score (nSPS) is 28.0. The molecular weight excluding hydrogens is 180 g/mol. The average Bonchev–Trinajstić information content (AvgIpc) is 2.51. The Labute approximate surface area is 75.4 Å². The fraction of sp³-hybridized carbons (Fsp3) is 0.875. The Kier molecular flexibility index (Phi) is 3.59. The van der Waals surface area contributed by atoms with Crippen LogP contribution in [0.1, 0.15) is 19.3 Å². The lowest BCUT2D eigenvalue weighted by Gasteiger charge is -2.19. The van der Waals surface area contributed by atoms with Crippen LogP contribution < -0.4 is 5.32 Å². The molecule has 0 aromatic carbocycles. The minimum atomic E-state index is -2.93. The first-order chi connectivity index (χ1) is 6.15. The van der Waals surface area contributed by atoms with Gasteiger partial charge in [-0.2, -0.15) is 8.78 Å². The molecule has 1 saturated carbocycles. The van der Waals surface area contributed by atoms with Crippen molar-refractivity contribution in [2.45, 2.75) is 37.8 Å². The van der Waals surface area contributed by atoms with E-state index in [1.54, 1.807) is 0 Å². The van der Waals surface area contributed by atoms with E-state index in [-0.39, 0.29) is 12.1 Å². The molecule has 1 N–H and O–H groups in total. The van der Waals surface area contributed by atoms with Crippen LogP contribution >= 0.6 is 0 Å². The van der Waals surface area contributed by atoms with Crippen molar-refractivity contribution in [3.8, 4) is 0 Å². The minimum absolute atomic E-state index is 0.109. The van der Waals surface area contributed by atoms with E-state index < -0.39 is 12.3 Å². The van der Waals surface area contributed by atoms with Crippen LogP contribution in [-0.2, 0) is 9.53 Å². The zero-order chi connectivity index (χ0) is 9.84. The zero-order valence-electron chi connectivity index (χ0n) is 7.43. The van der Waals surface area contributed by atoms with E-state index in [4.69, 9.17) is 4.74 Å². The molecule has 1 amide bonds. The van der Waals surface area contributed by atoms with Crippen molar-refractivity contribution < 1.29 is 18.3 Å². The third-order valence-electron chi connectivity index (χ3n) is 2.28. The highest BCUT2D eigenvalue weighted by Crippen LogP contribution is 2.21. The van der Waals surface area contributed by atoms with Gasteiger partial charge in [0.2, 0.25) is 0 Å². The number of nitrogens with one attached hydrogen (secondary N) is 1. The molecule has 3 nitrogen and oxygen atoms in total. The third kappa shape index (κ3) is 2.62. The second-order valence-electron chi connectivity index (χ2n) is 3.12. The Morgan fingerprint density at radius 2 is 2.23 bits per heavy atom. The van der Waals surface area contributed by atoms with Gasteiger partial charge in [-0.1, -0.05) is 0 Å². The number of hydrogen-bond donors (Lipinski definition) is 1. The van der Waals surface area contributed by atoms with Gasteiger partial charge in [-0.15, -0.1) is 0 Å². The molecular formula is C8H13F2NO2. The van der Waals surface area contributed by atoms with Crippen molar-refractivity contribution in [3.63, 3.8) is 0 Å². The van der Waals surface area contributed by atoms with E-state index in [0.29, 0.717) is 0 Å². The fourth-order valence-corrected chi connectivity index (χ4v) is 1.62. The number of ether oxygens (including phenoxy) is 1. The number of amides is 1. The molecule has 0 aliphatic heterocycles. The molecule has 76 valence electrons. The number of hydrogen-bond acceptors (Lipinski definition) is 2. The summed E-state index contributed by atoms with van der Waals surface area (Å²) in [7, 11) is 1.53. The van der Waals surface area contributed by atoms with Gasteiger partial charge >= 0.3 is 6.43 Å². The number of carbonyl (C=O) groups excluding carboxylic acids is 1. The van der Waals surface area contributed by atoms with Gasteiger partial charge in [0.25, 0.3) is 5.91 Å². The Bertz CT molecular complexity index is 187. The molecule has 0 radical (unpaired) electrons. The highest BCUT2D eigenvalue weighted by atomic mass is 19.3. The summed E-state index contributed by atoms with van der Waals surface area (Å²) in [6.45, 7) is 0. The number of halogens is 2. The predicted molar refractivity (Wildman–Crippen MR) is 42.6 cm³/mol. The molecule has 0 spiro atoms. The average molecular weight is 193 g/mol. The molecule has 0 unspecified atom stereocenters. The highest BCUT2D eigenvalue weighted by molar-refractivity contribution is 5.79. The van der Waals surface area contributed by atoms with Gasteiger partial charge in [0.05, 0.1) is 12.1 Å². The van der Waals surface area contributed by atoms with Crippen molar-refractivity contribution in [1.82, 2.24) is 5.32 Å². The lowest BCUT2D eigenvalue weighted by molar-refractivity contribution is -0.133. The molecule has 1 fully saturated rings. The van der Waals surface area contributed by atoms with Gasteiger partial charge in [0.1, 0.15) is 0 Å². The topological polar surface area (TPSA) is 38.3 Å². The van der Waals surface area contributed by atoms with Crippen LogP contribution in [0.25, 0.3) is 0 Å². The SMILES string of the molecule is CO[C@H]1CCC[C@@H]1NC(=O)C(F)F. The summed E-state index contributed by atoms with van der Waals surface area (Å²) in [5.41, 5.74) is 0. The van der Waals surface area contributed by atoms with Crippen molar-refractivity contribution in [2.75, 3.05) is 7.11 Å².